The SMILES string of the molecule is NCCCCC(NC(=O)C(CO)NC(=O)C(N)CCC(N)=O)C(=O)NC(Cc1ccccc1)C(=O)O. The number of carbonyl (C=O) groups is 5. The van der Waals surface area contributed by atoms with Crippen LogP contribution in [0, 0.1) is 0 Å². The average molecular weight is 509 g/mol. The van der Waals surface area contributed by atoms with Crippen molar-refractivity contribution in [2.75, 3.05) is 13.2 Å². The van der Waals surface area contributed by atoms with E-state index in [1.807, 2.05) is 0 Å². The maximum absolute atomic E-state index is 12.9. The summed E-state index contributed by atoms with van der Waals surface area (Å²) in [6.45, 7) is -0.435. The number of aliphatic hydroxyl groups excluding tert-OH is 1. The molecule has 13 nitrogen and oxygen atoms in total. The Hall–Kier alpha value is -3.55. The van der Waals surface area contributed by atoms with Crippen LogP contribution in [0.1, 0.15) is 37.7 Å². The van der Waals surface area contributed by atoms with Crippen molar-refractivity contribution in [3.05, 3.63) is 35.9 Å². The Morgan fingerprint density at radius 2 is 1.42 bits per heavy atom. The molecule has 36 heavy (non-hydrogen) atoms. The number of primary amides is 1. The quantitative estimate of drug-likeness (QED) is 0.103. The minimum absolute atomic E-state index is 0.0316. The molecule has 0 aliphatic rings. The fourth-order valence-electron chi connectivity index (χ4n) is 3.26. The summed E-state index contributed by atoms with van der Waals surface area (Å²) in [6, 6.07) is 3.77. The highest BCUT2D eigenvalue weighted by Crippen LogP contribution is 2.07. The van der Waals surface area contributed by atoms with Crippen LogP contribution in [0.4, 0.5) is 0 Å². The number of nitrogens with one attached hydrogen (secondary N) is 3. The lowest BCUT2D eigenvalue weighted by Gasteiger charge is -2.24. The molecule has 0 fully saturated rings. The summed E-state index contributed by atoms with van der Waals surface area (Å²) in [5.74, 6) is -4.28. The molecule has 0 aromatic heterocycles. The van der Waals surface area contributed by atoms with Crippen LogP contribution in [-0.4, -0.2) is 77.1 Å². The standard InChI is InChI=1S/C23H36N6O7/c24-11-5-4-8-16(21(33)28-17(23(35)36)12-14-6-2-1-3-7-14)27-22(34)18(13-30)29-20(32)15(25)9-10-19(26)31/h1-3,6-7,15-18,30H,4-5,8-13,24-25H2,(H2,26,31)(H,27,34)(H,28,33)(H,29,32)(H,35,36). The summed E-state index contributed by atoms with van der Waals surface area (Å²) in [7, 11) is 0. The summed E-state index contributed by atoms with van der Waals surface area (Å²) in [5, 5.41) is 26.4. The smallest absolute Gasteiger partial charge is 0.326 e. The number of aliphatic hydroxyl groups is 1. The van der Waals surface area contributed by atoms with E-state index in [4.69, 9.17) is 17.2 Å². The molecular formula is C23H36N6O7. The van der Waals surface area contributed by atoms with E-state index in [-0.39, 0.29) is 25.7 Å². The van der Waals surface area contributed by atoms with Crippen molar-refractivity contribution in [1.82, 2.24) is 16.0 Å². The van der Waals surface area contributed by atoms with E-state index >= 15 is 0 Å². The second kappa shape index (κ2) is 16.2. The summed E-state index contributed by atoms with van der Waals surface area (Å²) < 4.78 is 0. The number of hydrogen-bond acceptors (Lipinski definition) is 8. The van der Waals surface area contributed by atoms with Crippen molar-refractivity contribution >= 4 is 29.6 Å². The third-order valence-electron chi connectivity index (χ3n) is 5.33. The predicted octanol–water partition coefficient (Wildman–Crippen LogP) is -2.52. The van der Waals surface area contributed by atoms with Gasteiger partial charge in [0.25, 0.3) is 0 Å². The largest absolute Gasteiger partial charge is 0.480 e. The van der Waals surface area contributed by atoms with Crippen molar-refractivity contribution in [3.8, 4) is 0 Å². The van der Waals surface area contributed by atoms with Crippen LogP contribution in [0.5, 0.6) is 0 Å². The van der Waals surface area contributed by atoms with E-state index in [1.54, 1.807) is 30.3 Å². The third kappa shape index (κ3) is 11.3. The zero-order chi connectivity index (χ0) is 27.1. The summed E-state index contributed by atoms with van der Waals surface area (Å²) in [6.07, 6.45) is 1.01. The molecule has 1 rings (SSSR count). The van der Waals surface area contributed by atoms with Crippen LogP contribution in [-0.2, 0) is 30.4 Å². The van der Waals surface area contributed by atoms with Crippen LogP contribution in [0.2, 0.25) is 0 Å². The first-order valence-electron chi connectivity index (χ1n) is 11.6. The number of carboxylic acids is 1. The summed E-state index contributed by atoms with van der Waals surface area (Å²) in [4.78, 5) is 60.5. The van der Waals surface area contributed by atoms with Gasteiger partial charge in [-0.2, -0.15) is 0 Å². The van der Waals surface area contributed by atoms with Gasteiger partial charge in [-0.05, 0) is 37.8 Å². The lowest BCUT2D eigenvalue weighted by atomic mass is 10.0. The molecule has 0 saturated heterocycles. The Balaban J connectivity index is 2.88. The molecule has 0 radical (unpaired) electrons. The molecule has 1 aromatic rings. The van der Waals surface area contributed by atoms with E-state index < -0.39 is 60.4 Å². The minimum atomic E-state index is -1.43. The zero-order valence-corrected chi connectivity index (χ0v) is 20.0. The highest BCUT2D eigenvalue weighted by molar-refractivity contribution is 5.94. The summed E-state index contributed by atoms with van der Waals surface area (Å²) >= 11 is 0. The van der Waals surface area contributed by atoms with Crippen molar-refractivity contribution in [2.45, 2.75) is 62.7 Å². The highest BCUT2D eigenvalue weighted by Gasteiger charge is 2.30. The fraction of sp³-hybridized carbons (Fsp3) is 0.522. The molecule has 0 aliphatic carbocycles. The maximum atomic E-state index is 12.9. The molecule has 0 spiro atoms. The van der Waals surface area contributed by atoms with Crippen LogP contribution < -0.4 is 33.2 Å². The molecule has 0 heterocycles. The Bertz CT molecular complexity index is 883. The molecule has 4 amide bonds. The molecule has 0 bridgehead atoms. The molecule has 4 atom stereocenters. The molecule has 0 saturated carbocycles. The van der Waals surface area contributed by atoms with Gasteiger partial charge in [0.1, 0.15) is 18.1 Å². The topological polar surface area (TPSA) is 240 Å². The monoisotopic (exact) mass is 508 g/mol. The Kier molecular flexibility index (Phi) is 13.7. The zero-order valence-electron chi connectivity index (χ0n) is 20.0. The average Bonchev–Trinajstić information content (AvgIpc) is 2.84. The van der Waals surface area contributed by atoms with Gasteiger partial charge in [-0.15, -0.1) is 0 Å². The van der Waals surface area contributed by atoms with Crippen LogP contribution in [0.3, 0.4) is 0 Å². The molecule has 200 valence electrons. The predicted molar refractivity (Wildman–Crippen MR) is 130 cm³/mol. The van der Waals surface area contributed by atoms with Gasteiger partial charge in [0.05, 0.1) is 12.6 Å². The molecule has 11 N–H and O–H groups in total. The Morgan fingerprint density at radius 1 is 0.833 bits per heavy atom. The first-order chi connectivity index (χ1) is 17.1. The first kappa shape index (κ1) is 30.5. The van der Waals surface area contributed by atoms with E-state index in [9.17, 15) is 34.2 Å². The molecule has 4 unspecified atom stereocenters. The number of aliphatic carboxylic acids is 1. The van der Waals surface area contributed by atoms with E-state index in [0.29, 0.717) is 24.9 Å². The Morgan fingerprint density at radius 3 is 1.97 bits per heavy atom. The molecule has 1 aromatic carbocycles. The second-order valence-corrected chi connectivity index (χ2v) is 8.29. The third-order valence-corrected chi connectivity index (χ3v) is 5.33. The maximum Gasteiger partial charge on any atom is 0.326 e. The molecule has 13 heteroatoms. The van der Waals surface area contributed by atoms with Crippen molar-refractivity contribution in [1.29, 1.82) is 0 Å². The second-order valence-electron chi connectivity index (χ2n) is 8.29. The number of rotatable bonds is 17. The van der Waals surface area contributed by atoms with Gasteiger partial charge in [-0.25, -0.2) is 4.79 Å². The molecular weight excluding hydrogens is 472 g/mol. The van der Waals surface area contributed by atoms with Gasteiger partial charge < -0.3 is 43.4 Å². The van der Waals surface area contributed by atoms with Crippen molar-refractivity contribution in [2.24, 2.45) is 17.2 Å². The fourth-order valence-corrected chi connectivity index (χ4v) is 3.26. The van der Waals surface area contributed by atoms with Gasteiger partial charge in [0.15, 0.2) is 0 Å². The number of nitrogens with two attached hydrogens (primary N) is 3. The lowest BCUT2D eigenvalue weighted by Crippen LogP contribution is -2.58. The van der Waals surface area contributed by atoms with Crippen LogP contribution in [0.25, 0.3) is 0 Å². The molecule has 0 aliphatic heterocycles. The van der Waals surface area contributed by atoms with Gasteiger partial charge in [-0.1, -0.05) is 30.3 Å². The van der Waals surface area contributed by atoms with Crippen molar-refractivity contribution in [3.63, 3.8) is 0 Å². The Labute approximate surface area is 209 Å². The number of hydrogen-bond donors (Lipinski definition) is 8. The van der Waals surface area contributed by atoms with Crippen molar-refractivity contribution < 1.29 is 34.2 Å². The van der Waals surface area contributed by atoms with E-state index in [2.05, 4.69) is 16.0 Å². The van der Waals surface area contributed by atoms with Gasteiger partial charge in [0, 0.05) is 12.8 Å². The minimum Gasteiger partial charge on any atom is -0.480 e. The van der Waals surface area contributed by atoms with Gasteiger partial charge >= 0.3 is 5.97 Å². The van der Waals surface area contributed by atoms with Crippen LogP contribution in [0.15, 0.2) is 30.3 Å². The van der Waals surface area contributed by atoms with E-state index in [0.717, 1.165) is 0 Å². The highest BCUT2D eigenvalue weighted by atomic mass is 16.4. The van der Waals surface area contributed by atoms with Crippen LogP contribution >= 0.6 is 0 Å². The normalized spacial score (nSPS) is 14.1. The first-order valence-corrected chi connectivity index (χ1v) is 11.6. The number of carbonyl (C=O) groups excluding carboxylic acids is 4. The number of unbranched alkanes of at least 4 members (excludes halogenated alkanes) is 1. The van der Waals surface area contributed by atoms with E-state index in [1.165, 1.54) is 0 Å². The van der Waals surface area contributed by atoms with Gasteiger partial charge in [0.2, 0.25) is 23.6 Å². The number of carboxylic acid groups (broad SMARTS) is 1. The number of benzene rings is 1. The number of amides is 4. The summed E-state index contributed by atoms with van der Waals surface area (Å²) in [5.41, 5.74) is 16.9. The lowest BCUT2D eigenvalue weighted by molar-refractivity contribution is -0.142. The van der Waals surface area contributed by atoms with Gasteiger partial charge in [-0.3, -0.25) is 19.2 Å².